The lowest BCUT2D eigenvalue weighted by Crippen LogP contribution is -2.42. The zero-order valence-electron chi connectivity index (χ0n) is 15.7. The molecule has 0 bridgehead atoms. The number of hydrogen-bond donors (Lipinski definition) is 2. The van der Waals surface area contributed by atoms with Crippen LogP contribution in [-0.2, 0) is 11.2 Å². The Hall–Kier alpha value is -2.34. The van der Waals surface area contributed by atoms with Crippen LogP contribution in [0.5, 0.6) is 5.75 Å². The molecule has 1 aromatic carbocycles. The molecule has 3 rings (SSSR count). The molecule has 1 saturated carbocycles. The molecule has 6 nitrogen and oxygen atoms in total. The minimum Gasteiger partial charge on any atom is -0.495 e. The van der Waals surface area contributed by atoms with Gasteiger partial charge in [0.05, 0.1) is 29.7 Å². The molecule has 1 amide bonds. The minimum atomic E-state index is 0.0132. The summed E-state index contributed by atoms with van der Waals surface area (Å²) < 4.78 is 5.36. The van der Waals surface area contributed by atoms with E-state index in [4.69, 9.17) is 16.3 Å². The Bertz CT molecular complexity index is 799. The molecule has 1 aliphatic rings. The smallest absolute Gasteiger partial charge is 0.227 e. The number of carbonyl (C=O) groups excluding carboxylic acids is 1. The molecule has 0 spiro atoms. The van der Waals surface area contributed by atoms with Gasteiger partial charge in [-0.05, 0) is 37.3 Å². The topological polar surface area (TPSA) is 76.1 Å². The van der Waals surface area contributed by atoms with E-state index in [1.54, 1.807) is 20.2 Å². The van der Waals surface area contributed by atoms with Gasteiger partial charge in [-0.15, -0.1) is 0 Å². The Balaban J connectivity index is 1.77. The fourth-order valence-electron chi connectivity index (χ4n) is 3.63. The molecule has 0 saturated heterocycles. The van der Waals surface area contributed by atoms with Crippen molar-refractivity contribution in [2.45, 2.75) is 45.1 Å². The van der Waals surface area contributed by atoms with Crippen LogP contribution in [0.4, 0.5) is 11.6 Å². The number of carbonyl (C=O) groups is 1. The first kappa shape index (κ1) is 19.4. The number of anilines is 2. The average molecular weight is 389 g/mol. The SMILES string of the molecule is COc1ccccc1Nc1ncc(Cl)c(C[C@@H]2CCCC[C@H]2NC(C)=O)n1. The van der Waals surface area contributed by atoms with Crippen molar-refractivity contribution >= 4 is 29.1 Å². The summed E-state index contributed by atoms with van der Waals surface area (Å²) in [4.78, 5) is 20.4. The van der Waals surface area contributed by atoms with E-state index >= 15 is 0 Å². The zero-order chi connectivity index (χ0) is 19.2. The van der Waals surface area contributed by atoms with Crippen LogP contribution in [0.3, 0.4) is 0 Å². The van der Waals surface area contributed by atoms with Crippen LogP contribution in [0.2, 0.25) is 5.02 Å². The average Bonchev–Trinajstić information content (AvgIpc) is 2.66. The maximum Gasteiger partial charge on any atom is 0.227 e. The number of rotatable bonds is 6. The van der Waals surface area contributed by atoms with Crippen molar-refractivity contribution in [3.8, 4) is 5.75 Å². The number of nitrogens with zero attached hydrogens (tertiary/aromatic N) is 2. The molecule has 1 fully saturated rings. The number of hydrogen-bond acceptors (Lipinski definition) is 5. The lowest BCUT2D eigenvalue weighted by molar-refractivity contribution is -0.120. The fourth-order valence-corrected chi connectivity index (χ4v) is 3.79. The number of nitrogens with one attached hydrogen (secondary N) is 2. The number of para-hydroxylation sites is 2. The van der Waals surface area contributed by atoms with Crippen LogP contribution in [0.25, 0.3) is 0 Å². The number of methoxy groups -OCH3 is 1. The molecule has 2 N–H and O–H groups in total. The fraction of sp³-hybridized carbons (Fsp3) is 0.450. The molecule has 0 unspecified atom stereocenters. The molecule has 7 heteroatoms. The Morgan fingerprint density at radius 3 is 2.85 bits per heavy atom. The number of benzene rings is 1. The second-order valence-corrected chi connectivity index (χ2v) is 7.28. The van der Waals surface area contributed by atoms with Crippen LogP contribution in [-0.4, -0.2) is 29.0 Å². The van der Waals surface area contributed by atoms with E-state index in [-0.39, 0.29) is 11.9 Å². The Morgan fingerprint density at radius 2 is 2.07 bits per heavy atom. The molecule has 144 valence electrons. The molecular formula is C20H25ClN4O2. The largest absolute Gasteiger partial charge is 0.495 e. The van der Waals surface area contributed by atoms with Gasteiger partial charge in [0, 0.05) is 13.0 Å². The van der Waals surface area contributed by atoms with Gasteiger partial charge < -0.3 is 15.4 Å². The van der Waals surface area contributed by atoms with Gasteiger partial charge >= 0.3 is 0 Å². The van der Waals surface area contributed by atoms with E-state index in [1.165, 1.54) is 0 Å². The maximum absolute atomic E-state index is 11.5. The van der Waals surface area contributed by atoms with Gasteiger partial charge in [0.2, 0.25) is 11.9 Å². The highest BCUT2D eigenvalue weighted by atomic mass is 35.5. The third-order valence-corrected chi connectivity index (χ3v) is 5.24. The third-order valence-electron chi connectivity index (χ3n) is 4.92. The number of ether oxygens (including phenoxy) is 1. The van der Waals surface area contributed by atoms with Crippen LogP contribution in [0.1, 0.15) is 38.3 Å². The lowest BCUT2D eigenvalue weighted by Gasteiger charge is -2.32. The van der Waals surface area contributed by atoms with E-state index in [2.05, 4.69) is 20.6 Å². The van der Waals surface area contributed by atoms with Crippen LogP contribution >= 0.6 is 11.6 Å². The molecule has 2 atom stereocenters. The summed E-state index contributed by atoms with van der Waals surface area (Å²) in [6.45, 7) is 1.57. The van der Waals surface area contributed by atoms with Gasteiger partial charge in [-0.2, -0.15) is 0 Å². The van der Waals surface area contributed by atoms with Gasteiger partial charge in [-0.25, -0.2) is 9.97 Å². The van der Waals surface area contributed by atoms with Gasteiger partial charge in [0.15, 0.2) is 0 Å². The highest BCUT2D eigenvalue weighted by Crippen LogP contribution is 2.30. The monoisotopic (exact) mass is 388 g/mol. The minimum absolute atomic E-state index is 0.0132. The van der Waals surface area contributed by atoms with Crippen molar-refractivity contribution < 1.29 is 9.53 Å². The molecular weight excluding hydrogens is 364 g/mol. The predicted octanol–water partition coefficient (Wildman–Crippen LogP) is 4.12. The molecule has 27 heavy (non-hydrogen) atoms. The van der Waals surface area contributed by atoms with E-state index in [0.29, 0.717) is 23.3 Å². The van der Waals surface area contributed by atoms with E-state index in [1.807, 2.05) is 24.3 Å². The highest BCUT2D eigenvalue weighted by Gasteiger charge is 2.27. The van der Waals surface area contributed by atoms with E-state index < -0.39 is 0 Å². The summed E-state index contributed by atoms with van der Waals surface area (Å²) in [7, 11) is 1.62. The molecule has 1 aliphatic carbocycles. The predicted molar refractivity (Wildman–Crippen MR) is 107 cm³/mol. The summed E-state index contributed by atoms with van der Waals surface area (Å²) in [5.74, 6) is 1.54. The van der Waals surface area contributed by atoms with Crippen molar-refractivity contribution in [2.75, 3.05) is 12.4 Å². The number of amides is 1. The first-order chi connectivity index (χ1) is 13.1. The van der Waals surface area contributed by atoms with Crippen molar-refractivity contribution in [1.82, 2.24) is 15.3 Å². The van der Waals surface area contributed by atoms with Crippen molar-refractivity contribution in [1.29, 1.82) is 0 Å². The normalized spacial score (nSPS) is 19.4. The highest BCUT2D eigenvalue weighted by molar-refractivity contribution is 6.31. The summed E-state index contributed by atoms with van der Waals surface area (Å²) in [6.07, 6.45) is 6.69. The van der Waals surface area contributed by atoms with Crippen LogP contribution in [0.15, 0.2) is 30.5 Å². The van der Waals surface area contributed by atoms with Crippen molar-refractivity contribution in [2.24, 2.45) is 5.92 Å². The quantitative estimate of drug-likeness (QED) is 0.778. The first-order valence-corrected chi connectivity index (χ1v) is 9.63. The second-order valence-electron chi connectivity index (χ2n) is 6.87. The Morgan fingerprint density at radius 1 is 1.30 bits per heavy atom. The number of aromatic nitrogens is 2. The van der Waals surface area contributed by atoms with Gasteiger partial charge in [0.1, 0.15) is 5.75 Å². The molecule has 1 aromatic heterocycles. The second kappa shape index (κ2) is 9.04. The third kappa shape index (κ3) is 5.10. The van der Waals surface area contributed by atoms with Gasteiger partial charge in [-0.3, -0.25) is 4.79 Å². The summed E-state index contributed by atoms with van der Waals surface area (Å²) in [5, 5.41) is 6.83. The lowest BCUT2D eigenvalue weighted by atomic mass is 9.81. The summed E-state index contributed by atoms with van der Waals surface area (Å²) in [6, 6.07) is 7.78. The van der Waals surface area contributed by atoms with Gasteiger partial charge in [-0.1, -0.05) is 36.6 Å². The first-order valence-electron chi connectivity index (χ1n) is 9.25. The maximum atomic E-state index is 11.5. The standard InChI is InChI=1S/C20H25ClN4O2/c1-13(26)23-16-8-4-3-7-14(16)11-18-15(21)12-22-20(25-18)24-17-9-5-6-10-19(17)27-2/h5-6,9-10,12,14,16H,3-4,7-8,11H2,1-2H3,(H,23,26)(H,22,24,25)/t14-,16+/m0/s1. The van der Waals surface area contributed by atoms with E-state index in [9.17, 15) is 4.79 Å². The molecule has 2 aromatic rings. The Kier molecular flexibility index (Phi) is 6.50. The molecule has 1 heterocycles. The van der Waals surface area contributed by atoms with Crippen molar-refractivity contribution in [3.63, 3.8) is 0 Å². The van der Waals surface area contributed by atoms with Gasteiger partial charge in [0.25, 0.3) is 0 Å². The summed E-state index contributed by atoms with van der Waals surface area (Å²) >= 11 is 6.37. The summed E-state index contributed by atoms with van der Waals surface area (Å²) in [5.41, 5.74) is 1.59. The van der Waals surface area contributed by atoms with E-state index in [0.717, 1.165) is 42.8 Å². The molecule has 0 radical (unpaired) electrons. The van der Waals surface area contributed by atoms with Crippen LogP contribution in [0, 0.1) is 5.92 Å². The van der Waals surface area contributed by atoms with Crippen molar-refractivity contribution in [3.05, 3.63) is 41.2 Å². The molecule has 0 aliphatic heterocycles. The Labute approximate surface area is 164 Å². The zero-order valence-corrected chi connectivity index (χ0v) is 16.4. The number of halogens is 1. The van der Waals surface area contributed by atoms with Crippen LogP contribution < -0.4 is 15.4 Å².